The van der Waals surface area contributed by atoms with Gasteiger partial charge in [-0.15, -0.1) is 0 Å². The third kappa shape index (κ3) is 2.41. The van der Waals surface area contributed by atoms with Gasteiger partial charge in [-0.05, 0) is 32.9 Å². The summed E-state index contributed by atoms with van der Waals surface area (Å²) in [4.78, 5) is 8.03. The summed E-state index contributed by atoms with van der Waals surface area (Å²) in [5, 5.41) is 0. The first-order valence-electron chi connectivity index (χ1n) is 5.95. The lowest BCUT2D eigenvalue weighted by molar-refractivity contribution is 0.314. The van der Waals surface area contributed by atoms with Crippen molar-refractivity contribution in [3.63, 3.8) is 0 Å². The SMILES string of the molecule is CCOc1ccc(-c2c(C)ncnc2C)c(F)c1F. The van der Waals surface area contributed by atoms with Crippen LogP contribution in [0, 0.1) is 25.5 Å². The molecule has 1 aromatic heterocycles. The highest BCUT2D eigenvalue weighted by Crippen LogP contribution is 2.32. The number of aromatic nitrogens is 2. The van der Waals surface area contributed by atoms with Gasteiger partial charge in [-0.3, -0.25) is 0 Å². The van der Waals surface area contributed by atoms with Crippen LogP contribution in [0.4, 0.5) is 8.78 Å². The van der Waals surface area contributed by atoms with Crippen molar-refractivity contribution in [1.29, 1.82) is 0 Å². The maximum absolute atomic E-state index is 14.1. The molecule has 0 atom stereocenters. The predicted octanol–water partition coefficient (Wildman–Crippen LogP) is 3.44. The second kappa shape index (κ2) is 5.30. The van der Waals surface area contributed by atoms with Crippen molar-refractivity contribution in [3.8, 4) is 16.9 Å². The number of hydrogen-bond donors (Lipinski definition) is 0. The molecule has 2 aromatic rings. The lowest BCUT2D eigenvalue weighted by Gasteiger charge is -2.12. The molecule has 0 saturated heterocycles. The number of nitrogens with zero attached hydrogens (tertiary/aromatic N) is 2. The molecule has 0 bridgehead atoms. The maximum Gasteiger partial charge on any atom is 0.201 e. The van der Waals surface area contributed by atoms with Gasteiger partial charge in [0.25, 0.3) is 0 Å². The molecule has 0 spiro atoms. The van der Waals surface area contributed by atoms with Crippen molar-refractivity contribution in [2.24, 2.45) is 0 Å². The van der Waals surface area contributed by atoms with E-state index in [2.05, 4.69) is 9.97 Å². The fraction of sp³-hybridized carbons (Fsp3) is 0.286. The summed E-state index contributed by atoms with van der Waals surface area (Å²) >= 11 is 0. The minimum atomic E-state index is -0.984. The van der Waals surface area contributed by atoms with Gasteiger partial charge in [0.05, 0.1) is 6.61 Å². The molecule has 1 heterocycles. The summed E-state index contributed by atoms with van der Waals surface area (Å²) < 4.78 is 33.0. The number of rotatable bonds is 3. The second-order valence-electron chi connectivity index (χ2n) is 4.09. The number of hydrogen-bond acceptors (Lipinski definition) is 3. The molecular formula is C14H14F2N2O. The van der Waals surface area contributed by atoms with Crippen molar-refractivity contribution < 1.29 is 13.5 Å². The third-order valence-electron chi connectivity index (χ3n) is 2.84. The molecule has 0 N–H and O–H groups in total. The van der Waals surface area contributed by atoms with E-state index >= 15 is 0 Å². The lowest BCUT2D eigenvalue weighted by atomic mass is 10.0. The zero-order valence-corrected chi connectivity index (χ0v) is 11.0. The van der Waals surface area contributed by atoms with Gasteiger partial charge in [-0.1, -0.05) is 0 Å². The predicted molar refractivity (Wildman–Crippen MR) is 68.0 cm³/mol. The monoisotopic (exact) mass is 264 g/mol. The van der Waals surface area contributed by atoms with Crippen molar-refractivity contribution in [2.75, 3.05) is 6.61 Å². The van der Waals surface area contributed by atoms with Crippen molar-refractivity contribution in [3.05, 3.63) is 41.5 Å². The zero-order chi connectivity index (χ0) is 14.0. The average molecular weight is 264 g/mol. The van der Waals surface area contributed by atoms with Gasteiger partial charge in [0.1, 0.15) is 6.33 Å². The van der Waals surface area contributed by atoms with Crippen molar-refractivity contribution in [1.82, 2.24) is 9.97 Å². The minimum Gasteiger partial charge on any atom is -0.491 e. The minimum absolute atomic E-state index is 0.0871. The highest BCUT2D eigenvalue weighted by atomic mass is 19.2. The van der Waals surface area contributed by atoms with Gasteiger partial charge in [0.15, 0.2) is 11.6 Å². The van der Waals surface area contributed by atoms with Crippen LogP contribution >= 0.6 is 0 Å². The van der Waals surface area contributed by atoms with Gasteiger partial charge in [-0.2, -0.15) is 4.39 Å². The molecule has 5 heteroatoms. The van der Waals surface area contributed by atoms with Crippen LogP contribution in [0.3, 0.4) is 0 Å². The van der Waals surface area contributed by atoms with Crippen LogP contribution in [0.2, 0.25) is 0 Å². The topological polar surface area (TPSA) is 35.0 Å². The van der Waals surface area contributed by atoms with E-state index in [9.17, 15) is 8.78 Å². The Balaban J connectivity index is 2.61. The Morgan fingerprint density at radius 1 is 1.05 bits per heavy atom. The summed E-state index contributed by atoms with van der Waals surface area (Å²) in [5.74, 6) is -2.01. The van der Waals surface area contributed by atoms with Crippen LogP contribution in [-0.2, 0) is 0 Å². The van der Waals surface area contributed by atoms with Crippen LogP contribution < -0.4 is 4.74 Å². The van der Waals surface area contributed by atoms with E-state index in [1.54, 1.807) is 20.8 Å². The summed E-state index contributed by atoms with van der Waals surface area (Å²) in [5.41, 5.74) is 1.88. The Morgan fingerprint density at radius 2 is 1.68 bits per heavy atom. The maximum atomic E-state index is 14.1. The van der Waals surface area contributed by atoms with Crippen molar-refractivity contribution in [2.45, 2.75) is 20.8 Å². The van der Waals surface area contributed by atoms with Gasteiger partial charge in [0.2, 0.25) is 5.82 Å². The van der Waals surface area contributed by atoms with Crippen LogP contribution in [0.5, 0.6) is 5.75 Å². The summed E-state index contributed by atoms with van der Waals surface area (Å²) in [6.07, 6.45) is 1.40. The Labute approximate surface area is 110 Å². The van der Waals surface area contributed by atoms with Gasteiger partial charge in [-0.25, -0.2) is 14.4 Å². The van der Waals surface area contributed by atoms with E-state index in [-0.39, 0.29) is 17.9 Å². The summed E-state index contributed by atoms with van der Waals surface area (Å²) in [7, 11) is 0. The molecule has 0 aliphatic rings. The molecule has 0 radical (unpaired) electrons. The molecule has 0 amide bonds. The average Bonchev–Trinajstić information content (AvgIpc) is 2.37. The first-order valence-corrected chi connectivity index (χ1v) is 5.95. The van der Waals surface area contributed by atoms with Crippen LogP contribution in [0.1, 0.15) is 18.3 Å². The second-order valence-corrected chi connectivity index (χ2v) is 4.09. The molecule has 0 aliphatic carbocycles. The van der Waals surface area contributed by atoms with E-state index in [0.29, 0.717) is 17.0 Å². The van der Waals surface area contributed by atoms with E-state index < -0.39 is 11.6 Å². The Morgan fingerprint density at radius 3 is 2.26 bits per heavy atom. The molecule has 0 unspecified atom stereocenters. The number of ether oxygens (including phenoxy) is 1. The van der Waals surface area contributed by atoms with Crippen LogP contribution in [0.15, 0.2) is 18.5 Å². The fourth-order valence-corrected chi connectivity index (χ4v) is 1.97. The first-order chi connectivity index (χ1) is 9.06. The number of halogens is 2. The van der Waals surface area contributed by atoms with E-state index in [1.807, 2.05) is 0 Å². The molecule has 0 saturated carbocycles. The molecule has 19 heavy (non-hydrogen) atoms. The Hall–Kier alpha value is -2.04. The fourth-order valence-electron chi connectivity index (χ4n) is 1.97. The molecule has 100 valence electrons. The number of aryl methyl sites for hydroxylation is 2. The summed E-state index contributed by atoms with van der Waals surface area (Å²) in [6.45, 7) is 5.46. The molecule has 3 nitrogen and oxygen atoms in total. The number of benzene rings is 1. The molecular weight excluding hydrogens is 250 g/mol. The quantitative estimate of drug-likeness (QED) is 0.851. The highest BCUT2D eigenvalue weighted by Gasteiger charge is 2.18. The standard InChI is InChI=1S/C14H14F2N2O/c1-4-19-11-6-5-10(13(15)14(11)16)12-8(2)17-7-18-9(12)3/h5-7H,4H2,1-3H3. The van der Waals surface area contributed by atoms with E-state index in [1.165, 1.54) is 18.5 Å². The molecule has 0 aliphatic heterocycles. The lowest BCUT2D eigenvalue weighted by Crippen LogP contribution is -2.01. The molecule has 0 fully saturated rings. The van der Waals surface area contributed by atoms with E-state index in [4.69, 9.17) is 4.74 Å². The van der Waals surface area contributed by atoms with Gasteiger partial charge >= 0.3 is 0 Å². The van der Waals surface area contributed by atoms with Crippen LogP contribution in [0.25, 0.3) is 11.1 Å². The third-order valence-corrected chi connectivity index (χ3v) is 2.84. The van der Waals surface area contributed by atoms with Gasteiger partial charge in [0, 0.05) is 22.5 Å². The first kappa shape index (κ1) is 13.4. The largest absolute Gasteiger partial charge is 0.491 e. The molecule has 1 aromatic carbocycles. The Bertz CT molecular complexity index is 594. The van der Waals surface area contributed by atoms with E-state index in [0.717, 1.165) is 0 Å². The highest BCUT2D eigenvalue weighted by molar-refractivity contribution is 5.69. The molecule has 2 rings (SSSR count). The smallest absolute Gasteiger partial charge is 0.201 e. The normalized spacial score (nSPS) is 10.6. The van der Waals surface area contributed by atoms with Crippen LogP contribution in [-0.4, -0.2) is 16.6 Å². The zero-order valence-electron chi connectivity index (χ0n) is 11.0. The summed E-state index contributed by atoms with van der Waals surface area (Å²) in [6, 6.07) is 2.91. The van der Waals surface area contributed by atoms with Gasteiger partial charge < -0.3 is 4.74 Å². The Kier molecular flexibility index (Phi) is 3.74. The van der Waals surface area contributed by atoms with Crippen molar-refractivity contribution >= 4 is 0 Å².